The van der Waals surface area contributed by atoms with Crippen molar-refractivity contribution < 1.29 is 18.3 Å². The van der Waals surface area contributed by atoms with Gasteiger partial charge in [0.25, 0.3) is 0 Å². The van der Waals surface area contributed by atoms with Gasteiger partial charge in [-0.25, -0.2) is 13.8 Å². The minimum Gasteiger partial charge on any atom is -0.378 e. The van der Waals surface area contributed by atoms with Crippen LogP contribution in [0.1, 0.15) is 18.4 Å². The third-order valence-electron chi connectivity index (χ3n) is 7.56. The number of halogens is 2. The van der Waals surface area contributed by atoms with Crippen LogP contribution in [0.5, 0.6) is 0 Å². The van der Waals surface area contributed by atoms with Gasteiger partial charge < -0.3 is 19.3 Å². The number of nitrogens with zero attached hydrogens (tertiary/aromatic N) is 6. The van der Waals surface area contributed by atoms with Crippen molar-refractivity contribution in [2.45, 2.75) is 25.0 Å². The first-order valence-electron chi connectivity index (χ1n) is 12.7. The lowest BCUT2D eigenvalue weighted by atomic mass is 9.98. The van der Waals surface area contributed by atoms with E-state index >= 15 is 4.39 Å². The van der Waals surface area contributed by atoms with Crippen molar-refractivity contribution in [2.75, 3.05) is 49.2 Å². The Morgan fingerprint density at radius 2 is 1.76 bits per heavy atom. The van der Waals surface area contributed by atoms with Crippen LogP contribution >= 0.6 is 0 Å². The number of aromatic nitrogens is 4. The van der Waals surface area contributed by atoms with Gasteiger partial charge in [-0.05, 0) is 25.0 Å². The van der Waals surface area contributed by atoms with Gasteiger partial charge in [0.05, 0.1) is 36.4 Å². The quantitative estimate of drug-likeness (QED) is 0.383. The summed E-state index contributed by atoms with van der Waals surface area (Å²) in [6.45, 7) is 3.65. The summed E-state index contributed by atoms with van der Waals surface area (Å²) in [4.78, 5) is 22.5. The van der Waals surface area contributed by atoms with Crippen LogP contribution < -0.4 is 9.80 Å². The Kier molecular flexibility index (Phi) is 5.56. The summed E-state index contributed by atoms with van der Waals surface area (Å²) in [6.07, 6.45) is 12.5. The van der Waals surface area contributed by atoms with E-state index in [4.69, 9.17) is 20.9 Å². The fourth-order valence-electron chi connectivity index (χ4n) is 5.72. The molecule has 3 aliphatic rings. The summed E-state index contributed by atoms with van der Waals surface area (Å²) < 4.78 is 42.6. The zero-order valence-corrected chi connectivity index (χ0v) is 20.5. The molecule has 0 aliphatic carbocycles. The fourth-order valence-corrected chi connectivity index (χ4v) is 5.72. The molecule has 6 heterocycles. The molecule has 4 aromatic rings. The third-order valence-corrected chi connectivity index (χ3v) is 7.56. The van der Waals surface area contributed by atoms with E-state index in [-0.39, 0.29) is 29.0 Å². The number of rotatable bonds is 3. The zero-order valence-electron chi connectivity index (χ0n) is 20.5. The number of terminal acetylenes is 1. The lowest BCUT2D eigenvalue weighted by Gasteiger charge is -2.34. The first-order chi connectivity index (χ1) is 18.6. The van der Waals surface area contributed by atoms with Crippen LogP contribution in [0, 0.1) is 24.0 Å². The zero-order chi connectivity index (χ0) is 25.8. The minimum atomic E-state index is -0.626. The molecule has 38 heavy (non-hydrogen) atoms. The number of pyridine rings is 2. The van der Waals surface area contributed by atoms with Crippen molar-refractivity contribution in [2.24, 2.45) is 0 Å². The summed E-state index contributed by atoms with van der Waals surface area (Å²) in [6, 6.07) is 2.86. The van der Waals surface area contributed by atoms with Crippen molar-refractivity contribution in [1.82, 2.24) is 19.9 Å². The van der Waals surface area contributed by atoms with Gasteiger partial charge in [-0.3, -0.25) is 9.97 Å². The van der Waals surface area contributed by atoms with Crippen LogP contribution in [0.15, 0.2) is 30.7 Å². The monoisotopic (exact) mass is 514 g/mol. The van der Waals surface area contributed by atoms with Gasteiger partial charge >= 0.3 is 0 Å². The first-order valence-corrected chi connectivity index (χ1v) is 12.7. The lowest BCUT2D eigenvalue weighted by molar-refractivity contribution is 0.0303. The van der Waals surface area contributed by atoms with E-state index in [0.717, 1.165) is 12.8 Å². The maximum atomic E-state index is 16.5. The average molecular weight is 515 g/mol. The van der Waals surface area contributed by atoms with Crippen molar-refractivity contribution in [3.63, 3.8) is 0 Å². The maximum Gasteiger partial charge on any atom is 0.228 e. The standard InChI is InChI=1S/C28H24F2N6O2/c1-2-19-22(29)6-3-16-11-31-12-20(23(16)19)25-24(30)26-21(13-32-25)27(36-14-17-4-5-18(15-36)38-17)34-28(33-26)35-7-9-37-10-8-35/h1,3,6,11-13,17-18H,4-5,7-10,14-15H2/t17-,18+. The molecule has 10 heteroatoms. The second kappa shape index (κ2) is 9.11. The van der Waals surface area contributed by atoms with Crippen molar-refractivity contribution in [3.05, 3.63) is 47.9 Å². The van der Waals surface area contributed by atoms with Crippen LogP contribution in [0.25, 0.3) is 32.9 Å². The second-order valence-electron chi connectivity index (χ2n) is 9.84. The predicted octanol–water partition coefficient (Wildman–Crippen LogP) is 3.70. The summed E-state index contributed by atoms with van der Waals surface area (Å²) in [5, 5.41) is 1.50. The van der Waals surface area contributed by atoms with E-state index in [1.165, 1.54) is 12.3 Å². The van der Waals surface area contributed by atoms with E-state index in [0.29, 0.717) is 72.9 Å². The van der Waals surface area contributed by atoms with Gasteiger partial charge in [-0.2, -0.15) is 4.98 Å². The highest BCUT2D eigenvalue weighted by molar-refractivity contribution is 6.01. The molecule has 3 aliphatic heterocycles. The number of hydrogen-bond donors (Lipinski definition) is 0. The van der Waals surface area contributed by atoms with Crippen LogP contribution in [0.2, 0.25) is 0 Å². The van der Waals surface area contributed by atoms with Crippen LogP contribution in [0.4, 0.5) is 20.5 Å². The largest absolute Gasteiger partial charge is 0.378 e. The Bertz CT molecular complexity index is 1610. The van der Waals surface area contributed by atoms with Gasteiger partial charge in [0.15, 0.2) is 5.82 Å². The normalized spacial score (nSPS) is 21.3. The second-order valence-corrected chi connectivity index (χ2v) is 9.84. The molecule has 2 atom stereocenters. The smallest absolute Gasteiger partial charge is 0.228 e. The first kappa shape index (κ1) is 23.2. The highest BCUT2D eigenvalue weighted by Gasteiger charge is 2.36. The van der Waals surface area contributed by atoms with Gasteiger partial charge in [-0.15, -0.1) is 6.42 Å². The highest BCUT2D eigenvalue weighted by atomic mass is 19.1. The van der Waals surface area contributed by atoms with Gasteiger partial charge in [0.2, 0.25) is 5.95 Å². The van der Waals surface area contributed by atoms with E-state index < -0.39 is 11.6 Å². The molecule has 3 fully saturated rings. The number of morpholine rings is 2. The van der Waals surface area contributed by atoms with Gasteiger partial charge in [0.1, 0.15) is 22.8 Å². The molecule has 3 saturated heterocycles. The Morgan fingerprint density at radius 1 is 0.974 bits per heavy atom. The molecular formula is C28H24F2N6O2. The van der Waals surface area contributed by atoms with Crippen molar-refractivity contribution in [1.29, 1.82) is 0 Å². The summed E-state index contributed by atoms with van der Waals surface area (Å²) in [5.74, 6) is 2.30. The van der Waals surface area contributed by atoms with E-state index in [2.05, 4.69) is 25.8 Å². The van der Waals surface area contributed by atoms with Crippen LogP contribution in [0.3, 0.4) is 0 Å². The topological polar surface area (TPSA) is 76.5 Å². The Hall–Kier alpha value is -3.94. The number of benzene rings is 1. The highest BCUT2D eigenvalue weighted by Crippen LogP contribution is 2.38. The maximum absolute atomic E-state index is 16.5. The Morgan fingerprint density at radius 3 is 2.53 bits per heavy atom. The molecule has 1 aromatic carbocycles. The molecule has 8 nitrogen and oxygen atoms in total. The number of fused-ring (bicyclic) bond motifs is 4. The molecule has 0 amide bonds. The summed E-state index contributed by atoms with van der Waals surface area (Å²) in [7, 11) is 0. The molecule has 0 spiro atoms. The molecule has 2 bridgehead atoms. The number of ether oxygens (including phenoxy) is 2. The van der Waals surface area contributed by atoms with E-state index in [1.54, 1.807) is 18.5 Å². The molecule has 0 radical (unpaired) electrons. The SMILES string of the molecule is C#Cc1c(F)ccc2cncc(-c3ncc4c(N5C[C@H]6CC[C@@H](C5)O6)nc(N5CCOCC5)nc4c3F)c12. The summed E-state index contributed by atoms with van der Waals surface area (Å²) in [5.41, 5.74) is 0.516. The molecular weight excluding hydrogens is 490 g/mol. The van der Waals surface area contributed by atoms with Crippen molar-refractivity contribution in [3.8, 4) is 23.6 Å². The van der Waals surface area contributed by atoms with Crippen LogP contribution in [-0.4, -0.2) is 71.5 Å². The van der Waals surface area contributed by atoms with E-state index in [9.17, 15) is 4.39 Å². The number of anilines is 2. The summed E-state index contributed by atoms with van der Waals surface area (Å²) >= 11 is 0. The molecule has 192 valence electrons. The molecule has 0 N–H and O–H groups in total. The molecule has 7 rings (SSSR count). The average Bonchev–Trinajstić information content (AvgIpc) is 3.30. The van der Waals surface area contributed by atoms with Gasteiger partial charge in [0, 0.05) is 61.1 Å². The minimum absolute atomic E-state index is 0.0114. The molecule has 0 saturated carbocycles. The molecule has 0 unspecified atom stereocenters. The van der Waals surface area contributed by atoms with E-state index in [1.807, 2.05) is 4.90 Å². The third kappa shape index (κ3) is 3.73. The fraction of sp³-hybridized carbons (Fsp3) is 0.357. The number of hydrogen-bond acceptors (Lipinski definition) is 8. The Balaban J connectivity index is 1.44. The predicted molar refractivity (Wildman–Crippen MR) is 139 cm³/mol. The van der Waals surface area contributed by atoms with Crippen LogP contribution in [-0.2, 0) is 9.47 Å². The van der Waals surface area contributed by atoms with Gasteiger partial charge in [-0.1, -0.05) is 5.92 Å². The van der Waals surface area contributed by atoms with Crippen molar-refractivity contribution >= 4 is 33.4 Å². The molecule has 3 aromatic heterocycles. The Labute approximate surface area is 217 Å². The lowest BCUT2D eigenvalue weighted by Crippen LogP contribution is -2.43.